The van der Waals surface area contributed by atoms with Gasteiger partial charge in [0.1, 0.15) is 9.77 Å². The third kappa shape index (κ3) is 5.49. The highest BCUT2D eigenvalue weighted by molar-refractivity contribution is 7.89. The molecule has 0 bridgehead atoms. The number of piperidine rings is 2. The van der Waals surface area contributed by atoms with Crippen molar-refractivity contribution in [2.75, 3.05) is 26.2 Å². The largest absolute Gasteiger partial charge is 0.348 e. The van der Waals surface area contributed by atoms with Gasteiger partial charge in [0.25, 0.3) is 5.91 Å². The second-order valence-corrected chi connectivity index (χ2v) is 11.5. The van der Waals surface area contributed by atoms with E-state index in [2.05, 4.69) is 10.2 Å². The van der Waals surface area contributed by atoms with Gasteiger partial charge in [0, 0.05) is 43.8 Å². The molecular weight excluding hydrogens is 454 g/mol. The lowest BCUT2D eigenvalue weighted by Gasteiger charge is -2.32. The summed E-state index contributed by atoms with van der Waals surface area (Å²) in [5.74, 6) is -0.276. The Morgan fingerprint density at radius 1 is 1.03 bits per heavy atom. The van der Waals surface area contributed by atoms with Crippen LogP contribution in [0.1, 0.15) is 47.3 Å². The molecule has 2 aliphatic heterocycles. The van der Waals surface area contributed by atoms with E-state index in [1.54, 1.807) is 11.4 Å². The van der Waals surface area contributed by atoms with Crippen LogP contribution in [0.15, 0.2) is 40.6 Å². The van der Waals surface area contributed by atoms with Crippen molar-refractivity contribution in [2.24, 2.45) is 0 Å². The van der Waals surface area contributed by atoms with Gasteiger partial charge in [-0.2, -0.15) is 4.31 Å². The number of halogens is 1. The van der Waals surface area contributed by atoms with E-state index < -0.39 is 10.0 Å². The smallest absolute Gasteiger partial charge is 0.262 e. The van der Waals surface area contributed by atoms with Crippen LogP contribution in [0, 0.1) is 0 Å². The summed E-state index contributed by atoms with van der Waals surface area (Å²) in [7, 11) is -3.62. The third-order valence-corrected chi connectivity index (χ3v) is 9.25. The van der Waals surface area contributed by atoms with Crippen molar-refractivity contribution in [1.82, 2.24) is 14.5 Å². The van der Waals surface area contributed by atoms with Crippen LogP contribution in [-0.2, 0) is 16.6 Å². The van der Waals surface area contributed by atoms with Gasteiger partial charge in [-0.1, -0.05) is 30.2 Å². The van der Waals surface area contributed by atoms with Crippen molar-refractivity contribution in [3.05, 3.63) is 51.2 Å². The molecular formula is C22H28ClN3O3S2. The van der Waals surface area contributed by atoms with Crippen LogP contribution >= 0.6 is 22.9 Å². The Labute approximate surface area is 193 Å². The highest BCUT2D eigenvalue weighted by atomic mass is 35.5. The highest BCUT2D eigenvalue weighted by Gasteiger charge is 2.32. The summed E-state index contributed by atoms with van der Waals surface area (Å²) in [6.45, 7) is 3.70. The van der Waals surface area contributed by atoms with Gasteiger partial charge in [-0.3, -0.25) is 9.69 Å². The molecule has 1 aromatic carbocycles. The number of thiophene rings is 1. The van der Waals surface area contributed by atoms with Crippen LogP contribution in [0.5, 0.6) is 0 Å². The Bertz CT molecular complexity index is 993. The number of sulfonamides is 1. The maximum atomic E-state index is 13.0. The Morgan fingerprint density at radius 3 is 2.39 bits per heavy atom. The van der Waals surface area contributed by atoms with Crippen LogP contribution in [0.25, 0.3) is 0 Å². The Kier molecular flexibility index (Phi) is 7.33. The Morgan fingerprint density at radius 2 is 1.71 bits per heavy atom. The van der Waals surface area contributed by atoms with Crippen LogP contribution < -0.4 is 5.32 Å². The number of likely N-dealkylation sites (tertiary alicyclic amines) is 1. The normalized spacial score (nSPS) is 19.4. The molecule has 1 N–H and O–H groups in total. The molecule has 1 aromatic heterocycles. The summed E-state index contributed by atoms with van der Waals surface area (Å²) < 4.78 is 27.6. The average Bonchev–Trinajstić information content (AvgIpc) is 3.28. The van der Waals surface area contributed by atoms with Crippen molar-refractivity contribution >= 4 is 38.9 Å². The van der Waals surface area contributed by atoms with E-state index in [4.69, 9.17) is 11.6 Å². The predicted molar refractivity (Wildman–Crippen MR) is 124 cm³/mol. The molecule has 0 spiro atoms. The first kappa shape index (κ1) is 22.7. The standard InChI is InChI=1S/C22H28ClN3O3S2/c23-18-6-4-17(5-7-18)16-25-13-8-19(9-14-25)24-22(27)21-20(10-15-30-21)31(28,29)26-11-2-1-3-12-26/h4-7,10,15,19H,1-3,8-9,11-14,16H2,(H,24,27). The first-order valence-corrected chi connectivity index (χ1v) is 13.5. The summed E-state index contributed by atoms with van der Waals surface area (Å²) in [6, 6.07) is 9.51. The second kappa shape index (κ2) is 10.0. The number of carbonyl (C=O) groups is 1. The van der Waals surface area contributed by atoms with E-state index in [-0.39, 0.29) is 16.8 Å². The van der Waals surface area contributed by atoms with Gasteiger partial charge >= 0.3 is 0 Å². The Balaban J connectivity index is 1.34. The minimum atomic E-state index is -3.62. The maximum Gasteiger partial charge on any atom is 0.262 e. The molecule has 2 aromatic rings. The number of nitrogens with zero attached hydrogens (tertiary/aromatic N) is 2. The predicted octanol–water partition coefficient (Wildman–Crippen LogP) is 3.97. The van der Waals surface area contributed by atoms with Gasteiger partial charge in [-0.05, 0) is 54.8 Å². The number of hydrogen-bond donors (Lipinski definition) is 1. The molecule has 0 unspecified atom stereocenters. The van der Waals surface area contributed by atoms with Crippen LogP contribution in [0.3, 0.4) is 0 Å². The SMILES string of the molecule is O=C(NC1CCN(Cc2ccc(Cl)cc2)CC1)c1sccc1S(=O)(=O)N1CCCCC1. The van der Waals surface area contributed by atoms with E-state index in [0.717, 1.165) is 56.8 Å². The molecule has 0 saturated carbocycles. The lowest BCUT2D eigenvalue weighted by molar-refractivity contribution is 0.0910. The van der Waals surface area contributed by atoms with Gasteiger partial charge in [0.2, 0.25) is 10.0 Å². The van der Waals surface area contributed by atoms with Crippen molar-refractivity contribution in [3.63, 3.8) is 0 Å². The summed E-state index contributed by atoms with van der Waals surface area (Å²) in [4.78, 5) is 15.7. The van der Waals surface area contributed by atoms with E-state index in [1.807, 2.05) is 24.3 Å². The molecule has 6 nitrogen and oxygen atoms in total. The summed E-state index contributed by atoms with van der Waals surface area (Å²) in [5, 5.41) is 5.50. The number of amides is 1. The minimum absolute atomic E-state index is 0.0570. The molecule has 31 heavy (non-hydrogen) atoms. The fourth-order valence-electron chi connectivity index (χ4n) is 4.24. The summed E-state index contributed by atoms with van der Waals surface area (Å²) in [6.07, 6.45) is 4.50. The molecule has 1 amide bonds. The first-order valence-electron chi connectivity index (χ1n) is 10.8. The topological polar surface area (TPSA) is 69.7 Å². The molecule has 0 atom stereocenters. The molecule has 9 heteroatoms. The van der Waals surface area contributed by atoms with Gasteiger partial charge < -0.3 is 5.32 Å². The van der Waals surface area contributed by atoms with Crippen molar-refractivity contribution in [1.29, 1.82) is 0 Å². The molecule has 4 rings (SSSR count). The quantitative estimate of drug-likeness (QED) is 0.677. The van der Waals surface area contributed by atoms with Gasteiger partial charge in [-0.25, -0.2) is 8.42 Å². The van der Waals surface area contributed by atoms with E-state index in [0.29, 0.717) is 18.0 Å². The molecule has 2 aliphatic rings. The second-order valence-electron chi connectivity index (χ2n) is 8.23. The minimum Gasteiger partial charge on any atom is -0.348 e. The zero-order chi connectivity index (χ0) is 21.8. The number of benzene rings is 1. The lowest BCUT2D eigenvalue weighted by atomic mass is 10.0. The van der Waals surface area contributed by atoms with Crippen molar-refractivity contribution in [2.45, 2.75) is 49.6 Å². The van der Waals surface area contributed by atoms with Crippen LogP contribution in [0.4, 0.5) is 0 Å². The molecule has 2 fully saturated rings. The molecule has 0 radical (unpaired) electrons. The average molecular weight is 482 g/mol. The molecule has 2 saturated heterocycles. The summed E-state index contributed by atoms with van der Waals surface area (Å²) >= 11 is 7.16. The lowest BCUT2D eigenvalue weighted by Crippen LogP contribution is -2.44. The van der Waals surface area contributed by atoms with E-state index >= 15 is 0 Å². The zero-order valence-corrected chi connectivity index (χ0v) is 19.8. The zero-order valence-electron chi connectivity index (χ0n) is 17.4. The molecule has 168 valence electrons. The number of nitrogens with one attached hydrogen (secondary N) is 1. The van der Waals surface area contributed by atoms with Gasteiger partial charge in [-0.15, -0.1) is 11.3 Å². The fourth-order valence-corrected chi connectivity index (χ4v) is 7.19. The van der Waals surface area contributed by atoms with E-state index in [9.17, 15) is 13.2 Å². The van der Waals surface area contributed by atoms with Crippen LogP contribution in [0.2, 0.25) is 5.02 Å². The fraction of sp³-hybridized carbons (Fsp3) is 0.500. The van der Waals surface area contributed by atoms with Gasteiger partial charge in [0.05, 0.1) is 0 Å². The van der Waals surface area contributed by atoms with Crippen LogP contribution in [-0.4, -0.2) is 55.8 Å². The Hall–Kier alpha value is -1.45. The number of carbonyl (C=O) groups excluding carboxylic acids is 1. The van der Waals surface area contributed by atoms with Crippen molar-refractivity contribution in [3.8, 4) is 0 Å². The third-order valence-electron chi connectivity index (χ3n) is 6.01. The summed E-state index contributed by atoms with van der Waals surface area (Å²) in [5.41, 5.74) is 1.22. The van der Waals surface area contributed by atoms with Crippen molar-refractivity contribution < 1.29 is 13.2 Å². The highest BCUT2D eigenvalue weighted by Crippen LogP contribution is 2.28. The van der Waals surface area contributed by atoms with E-state index in [1.165, 1.54) is 21.2 Å². The number of rotatable bonds is 6. The maximum absolute atomic E-state index is 13.0. The monoisotopic (exact) mass is 481 g/mol. The number of hydrogen-bond acceptors (Lipinski definition) is 5. The molecule has 3 heterocycles. The van der Waals surface area contributed by atoms with Gasteiger partial charge in [0.15, 0.2) is 0 Å². The molecule has 0 aliphatic carbocycles. The first-order chi connectivity index (χ1) is 14.9.